The summed E-state index contributed by atoms with van der Waals surface area (Å²) < 4.78 is 180. The molecule has 0 radical (unpaired) electrons. The zero-order valence-electron chi connectivity index (χ0n) is 13.6. The average molecular weight is 456 g/mol. The molecule has 2 rings (SSSR count). The number of hydrogen-bond acceptors (Lipinski definition) is 2. The molecule has 0 amide bonds. The Morgan fingerprint density at radius 3 is 1.62 bits per heavy atom. The van der Waals surface area contributed by atoms with Crippen molar-refractivity contribution in [3.05, 3.63) is 12.2 Å². The minimum absolute atomic E-state index is 1.44. The van der Waals surface area contributed by atoms with Crippen LogP contribution in [-0.4, -0.2) is 53.3 Å². The number of alkyl halides is 13. The maximum atomic E-state index is 14.8. The topological polar surface area (TPSA) is 26.3 Å². The molecule has 2 aliphatic carbocycles. The van der Waals surface area contributed by atoms with E-state index in [1.807, 2.05) is 0 Å². The van der Waals surface area contributed by atoms with Crippen molar-refractivity contribution in [1.29, 1.82) is 0 Å². The minimum Gasteiger partial charge on any atom is -0.459 e. The molecule has 168 valence electrons. The van der Waals surface area contributed by atoms with Gasteiger partial charge in [0.25, 0.3) is 0 Å². The average Bonchev–Trinajstić information content (AvgIpc) is 2.54. The van der Waals surface area contributed by atoms with Gasteiger partial charge < -0.3 is 4.74 Å². The molecule has 0 heterocycles. The first-order valence-corrected chi connectivity index (χ1v) is 7.48. The number of ether oxygens (including phenoxy) is 1. The van der Waals surface area contributed by atoms with Crippen molar-refractivity contribution in [3.63, 3.8) is 0 Å². The van der Waals surface area contributed by atoms with Gasteiger partial charge in [-0.3, -0.25) is 0 Å². The van der Waals surface area contributed by atoms with Crippen molar-refractivity contribution in [2.24, 2.45) is 0 Å². The predicted octanol–water partition coefficient (Wildman–Crippen LogP) is 5.17. The fraction of sp³-hybridized carbons (Fsp3) is 0.786. The van der Waals surface area contributed by atoms with E-state index in [1.165, 1.54) is 0 Å². The number of fused-ring (bicyclic) bond motifs is 1. The molecule has 2 saturated carbocycles. The molecule has 0 bridgehead atoms. The third-order valence-electron chi connectivity index (χ3n) is 4.99. The van der Waals surface area contributed by atoms with Gasteiger partial charge in [0.05, 0.1) is 0 Å². The highest BCUT2D eigenvalue weighted by Gasteiger charge is 2.99. The molecule has 2 fully saturated rings. The SMILES string of the molecule is C=C(C(=O)OC1CCC2(F)C(F)(F)C(F)(F)C(F)(F)C(F)(F)C2(F)C1)C(F)(F)F. The van der Waals surface area contributed by atoms with Crippen LogP contribution in [0, 0.1) is 0 Å². The Labute approximate surface area is 152 Å². The Bertz CT molecular complexity index is 728. The maximum absolute atomic E-state index is 14.8. The molecule has 0 saturated heterocycles. The summed E-state index contributed by atoms with van der Waals surface area (Å²) in [4.78, 5) is 11.3. The van der Waals surface area contributed by atoms with Gasteiger partial charge in [-0.2, -0.15) is 48.3 Å². The standard InChI is InChI=1S/C14H9F13O2/c1-5(10(17,18)19)7(28)29-6-2-3-8(15)9(16,4-6)12(22,23)14(26,27)13(24,25)11(8,20)21/h6H,1-4H2. The lowest BCUT2D eigenvalue weighted by Gasteiger charge is -2.58. The number of carbonyl (C=O) groups is 1. The lowest BCUT2D eigenvalue weighted by Crippen LogP contribution is -2.86. The van der Waals surface area contributed by atoms with Crippen molar-refractivity contribution >= 4 is 5.97 Å². The molecule has 0 spiro atoms. The molecule has 0 aromatic heterocycles. The molecule has 0 N–H and O–H groups in total. The van der Waals surface area contributed by atoms with Crippen LogP contribution in [0.1, 0.15) is 19.3 Å². The molecule has 0 aromatic rings. The van der Waals surface area contributed by atoms with Crippen LogP contribution < -0.4 is 0 Å². The molecule has 0 aromatic carbocycles. The normalized spacial score (nSPS) is 37.3. The number of halogens is 13. The van der Waals surface area contributed by atoms with Crippen molar-refractivity contribution < 1.29 is 66.6 Å². The Kier molecular flexibility index (Phi) is 4.82. The number of rotatable bonds is 2. The van der Waals surface area contributed by atoms with E-state index in [-0.39, 0.29) is 0 Å². The van der Waals surface area contributed by atoms with Crippen molar-refractivity contribution in [1.82, 2.24) is 0 Å². The molecular weight excluding hydrogens is 447 g/mol. The molecular formula is C14H9F13O2. The molecule has 0 aliphatic heterocycles. The van der Waals surface area contributed by atoms with Gasteiger partial charge in [0.2, 0.25) is 11.3 Å². The largest absolute Gasteiger partial charge is 0.459 e. The maximum Gasteiger partial charge on any atom is 0.422 e. The van der Waals surface area contributed by atoms with E-state index >= 15 is 0 Å². The lowest BCUT2D eigenvalue weighted by molar-refractivity contribution is -0.470. The fourth-order valence-electron chi connectivity index (χ4n) is 3.25. The van der Waals surface area contributed by atoms with Crippen molar-refractivity contribution in [3.8, 4) is 0 Å². The summed E-state index contributed by atoms with van der Waals surface area (Å²) in [5, 5.41) is 0. The predicted molar refractivity (Wildman–Crippen MR) is 66.4 cm³/mol. The summed E-state index contributed by atoms with van der Waals surface area (Å²) in [5.74, 6) is -29.9. The van der Waals surface area contributed by atoms with Gasteiger partial charge in [-0.1, -0.05) is 6.58 Å². The van der Waals surface area contributed by atoms with Crippen LogP contribution in [0.5, 0.6) is 0 Å². The molecule has 2 nitrogen and oxygen atoms in total. The summed E-state index contributed by atoms with van der Waals surface area (Å²) in [6, 6.07) is 0. The Morgan fingerprint density at radius 1 is 0.793 bits per heavy atom. The third-order valence-corrected chi connectivity index (χ3v) is 4.99. The van der Waals surface area contributed by atoms with Crippen molar-refractivity contribution in [2.45, 2.75) is 66.6 Å². The minimum atomic E-state index is -7.09. The van der Waals surface area contributed by atoms with E-state index in [9.17, 15) is 61.9 Å². The second kappa shape index (κ2) is 5.93. The first-order chi connectivity index (χ1) is 12.6. The summed E-state index contributed by atoms with van der Waals surface area (Å²) in [7, 11) is 0. The van der Waals surface area contributed by atoms with Crippen LogP contribution in [0.3, 0.4) is 0 Å². The van der Waals surface area contributed by atoms with Gasteiger partial charge in [0.1, 0.15) is 11.7 Å². The monoisotopic (exact) mass is 456 g/mol. The summed E-state index contributed by atoms with van der Waals surface area (Å²) in [6.07, 6.45) is -14.2. The summed E-state index contributed by atoms with van der Waals surface area (Å²) in [5.41, 5.74) is -13.5. The van der Waals surface area contributed by atoms with E-state index in [2.05, 4.69) is 11.3 Å². The fourth-order valence-corrected chi connectivity index (χ4v) is 3.25. The van der Waals surface area contributed by atoms with Crippen molar-refractivity contribution in [2.75, 3.05) is 0 Å². The highest BCUT2D eigenvalue weighted by molar-refractivity contribution is 5.89. The summed E-state index contributed by atoms with van der Waals surface area (Å²) in [6.45, 7) is 2.24. The smallest absolute Gasteiger partial charge is 0.422 e. The lowest BCUT2D eigenvalue weighted by atomic mass is 9.59. The number of esters is 1. The van der Waals surface area contributed by atoms with Gasteiger partial charge in [-0.05, 0) is 12.8 Å². The molecule has 3 unspecified atom stereocenters. The number of carbonyl (C=O) groups excluding carboxylic acids is 1. The van der Waals surface area contributed by atoms with Crippen LogP contribution in [0.2, 0.25) is 0 Å². The second-order valence-corrected chi connectivity index (χ2v) is 6.65. The van der Waals surface area contributed by atoms with Crippen LogP contribution in [-0.2, 0) is 9.53 Å². The van der Waals surface area contributed by atoms with E-state index < -0.39 is 78.1 Å². The van der Waals surface area contributed by atoms with Crippen LogP contribution >= 0.6 is 0 Å². The molecule has 29 heavy (non-hydrogen) atoms. The highest BCUT2D eigenvalue weighted by Crippen LogP contribution is 2.72. The molecule has 3 atom stereocenters. The summed E-state index contributed by atoms with van der Waals surface area (Å²) >= 11 is 0. The van der Waals surface area contributed by atoms with E-state index in [1.54, 1.807) is 0 Å². The Morgan fingerprint density at radius 2 is 1.21 bits per heavy atom. The molecule has 2 aliphatic rings. The van der Waals surface area contributed by atoms with Gasteiger partial charge in [0.15, 0.2) is 0 Å². The van der Waals surface area contributed by atoms with Gasteiger partial charge in [-0.25, -0.2) is 13.6 Å². The van der Waals surface area contributed by atoms with E-state index in [0.717, 1.165) is 0 Å². The highest BCUT2D eigenvalue weighted by atomic mass is 19.4. The van der Waals surface area contributed by atoms with E-state index in [0.29, 0.717) is 0 Å². The van der Waals surface area contributed by atoms with Crippen LogP contribution in [0.25, 0.3) is 0 Å². The zero-order chi connectivity index (χ0) is 23.1. The van der Waals surface area contributed by atoms with Crippen LogP contribution in [0.4, 0.5) is 57.1 Å². The first-order valence-electron chi connectivity index (χ1n) is 7.48. The first kappa shape index (κ1) is 23.6. The quantitative estimate of drug-likeness (QED) is 0.326. The Hall–Kier alpha value is -1.70. The van der Waals surface area contributed by atoms with Gasteiger partial charge >= 0.3 is 35.8 Å². The van der Waals surface area contributed by atoms with E-state index in [4.69, 9.17) is 0 Å². The molecule has 15 heteroatoms. The number of hydrogen-bond donors (Lipinski definition) is 0. The Balaban J connectivity index is 2.48. The zero-order valence-corrected chi connectivity index (χ0v) is 13.6. The third kappa shape index (κ3) is 2.60. The second-order valence-electron chi connectivity index (χ2n) is 6.65. The van der Waals surface area contributed by atoms with Gasteiger partial charge in [-0.15, -0.1) is 0 Å². The van der Waals surface area contributed by atoms with Gasteiger partial charge in [0, 0.05) is 6.42 Å². The van der Waals surface area contributed by atoms with Crippen LogP contribution in [0.15, 0.2) is 12.2 Å².